The van der Waals surface area contributed by atoms with Crippen molar-refractivity contribution in [1.29, 1.82) is 0 Å². The number of rotatable bonds is 2. The molecule has 2 aromatic heterocycles. The summed E-state index contributed by atoms with van der Waals surface area (Å²) < 4.78 is 1.66. The topological polar surface area (TPSA) is 54.3 Å². The fraction of sp³-hybridized carbons (Fsp3) is 0.316. The van der Waals surface area contributed by atoms with Crippen LogP contribution in [0.15, 0.2) is 42.7 Å². The molecule has 0 atom stereocenters. The quantitative estimate of drug-likeness (QED) is 0.721. The summed E-state index contributed by atoms with van der Waals surface area (Å²) in [7, 11) is 1.82. The van der Waals surface area contributed by atoms with Gasteiger partial charge in [-0.15, -0.1) is 0 Å². The van der Waals surface area contributed by atoms with Crippen molar-refractivity contribution in [3.05, 3.63) is 53.9 Å². The van der Waals surface area contributed by atoms with Crippen molar-refractivity contribution in [2.24, 2.45) is 7.05 Å². The molecule has 0 spiro atoms. The van der Waals surface area contributed by atoms with Crippen molar-refractivity contribution >= 4 is 22.6 Å². The zero-order valence-electron chi connectivity index (χ0n) is 14.5. The van der Waals surface area contributed by atoms with Crippen LogP contribution in [0.4, 0.5) is 5.82 Å². The van der Waals surface area contributed by atoms with E-state index in [1.54, 1.807) is 17.1 Å². The number of aromatic nitrogens is 3. The summed E-state index contributed by atoms with van der Waals surface area (Å²) >= 11 is 0. The molecule has 6 nitrogen and oxygen atoms in total. The van der Waals surface area contributed by atoms with Crippen LogP contribution in [0.2, 0.25) is 0 Å². The number of hydrogen-bond donors (Lipinski definition) is 0. The van der Waals surface area contributed by atoms with Gasteiger partial charge in [-0.3, -0.25) is 9.48 Å². The van der Waals surface area contributed by atoms with E-state index in [9.17, 15) is 4.79 Å². The predicted octanol–water partition coefficient (Wildman–Crippen LogP) is 2.24. The first-order chi connectivity index (χ1) is 12.1. The number of carbonyl (C=O) groups is 1. The molecule has 0 N–H and O–H groups in total. The van der Waals surface area contributed by atoms with Gasteiger partial charge < -0.3 is 9.80 Å². The summed E-state index contributed by atoms with van der Waals surface area (Å²) in [5, 5.41) is 5.27. The van der Waals surface area contributed by atoms with Gasteiger partial charge in [0.2, 0.25) is 0 Å². The second-order valence-corrected chi connectivity index (χ2v) is 6.50. The van der Waals surface area contributed by atoms with Gasteiger partial charge in [0.1, 0.15) is 5.82 Å². The number of pyridine rings is 1. The van der Waals surface area contributed by atoms with E-state index < -0.39 is 0 Å². The molecule has 1 amide bonds. The van der Waals surface area contributed by atoms with Crippen LogP contribution < -0.4 is 4.90 Å². The van der Waals surface area contributed by atoms with E-state index in [2.05, 4.69) is 29.1 Å². The molecule has 6 heteroatoms. The van der Waals surface area contributed by atoms with Gasteiger partial charge in [0.15, 0.2) is 0 Å². The fourth-order valence-corrected chi connectivity index (χ4v) is 3.35. The first-order valence-corrected chi connectivity index (χ1v) is 8.51. The van der Waals surface area contributed by atoms with Crippen molar-refractivity contribution in [1.82, 2.24) is 19.7 Å². The number of hydrogen-bond acceptors (Lipinski definition) is 4. The van der Waals surface area contributed by atoms with Crippen LogP contribution in [0.5, 0.6) is 0 Å². The Morgan fingerprint density at radius 2 is 1.88 bits per heavy atom. The van der Waals surface area contributed by atoms with E-state index in [0.29, 0.717) is 18.7 Å². The molecule has 1 aliphatic rings. The molecule has 0 unspecified atom stereocenters. The molecule has 0 bridgehead atoms. The van der Waals surface area contributed by atoms with Crippen LogP contribution in [0.1, 0.15) is 15.9 Å². The standard InChI is InChI=1S/C19H21N5O/c1-14-11-18(21-17-6-4-3-5-16(14)17)23-7-9-24(10-8-23)19(25)15-12-20-22(2)13-15/h3-6,11-13H,7-10H2,1-2H3. The van der Waals surface area contributed by atoms with Gasteiger partial charge in [-0.05, 0) is 24.6 Å². The highest BCUT2D eigenvalue weighted by Gasteiger charge is 2.24. The molecule has 25 heavy (non-hydrogen) atoms. The zero-order chi connectivity index (χ0) is 17.4. The van der Waals surface area contributed by atoms with Crippen molar-refractivity contribution in [2.45, 2.75) is 6.92 Å². The summed E-state index contributed by atoms with van der Waals surface area (Å²) in [6.45, 7) is 5.09. The van der Waals surface area contributed by atoms with Crippen molar-refractivity contribution in [3.63, 3.8) is 0 Å². The van der Waals surface area contributed by atoms with Crippen LogP contribution >= 0.6 is 0 Å². The number of para-hydroxylation sites is 1. The minimum Gasteiger partial charge on any atom is -0.353 e. The Balaban J connectivity index is 1.49. The summed E-state index contributed by atoms with van der Waals surface area (Å²) in [5.74, 6) is 1.04. The molecule has 1 aromatic carbocycles. The maximum absolute atomic E-state index is 12.5. The van der Waals surface area contributed by atoms with Gasteiger partial charge in [0.25, 0.3) is 5.91 Å². The highest BCUT2D eigenvalue weighted by atomic mass is 16.2. The largest absolute Gasteiger partial charge is 0.353 e. The summed E-state index contributed by atoms with van der Waals surface area (Å²) in [6.07, 6.45) is 3.39. The first-order valence-electron chi connectivity index (χ1n) is 8.51. The Hall–Kier alpha value is -2.89. The van der Waals surface area contributed by atoms with Gasteiger partial charge in [-0.1, -0.05) is 18.2 Å². The minimum atomic E-state index is 0.0513. The molecule has 3 heterocycles. The summed E-state index contributed by atoms with van der Waals surface area (Å²) in [6, 6.07) is 10.4. The molecule has 4 rings (SSSR count). The van der Waals surface area contributed by atoms with Gasteiger partial charge in [-0.2, -0.15) is 5.10 Å². The third-order valence-electron chi connectivity index (χ3n) is 4.75. The van der Waals surface area contributed by atoms with E-state index >= 15 is 0 Å². The SMILES string of the molecule is Cc1cc(N2CCN(C(=O)c3cnn(C)c3)CC2)nc2ccccc12. The average Bonchev–Trinajstić information content (AvgIpc) is 3.07. The maximum atomic E-state index is 12.5. The van der Waals surface area contributed by atoms with Crippen LogP contribution in [0.25, 0.3) is 10.9 Å². The van der Waals surface area contributed by atoms with E-state index in [0.717, 1.165) is 24.4 Å². The molecule has 0 saturated carbocycles. The van der Waals surface area contributed by atoms with Crippen LogP contribution in [-0.4, -0.2) is 51.8 Å². The van der Waals surface area contributed by atoms with E-state index in [-0.39, 0.29) is 5.91 Å². The van der Waals surface area contributed by atoms with Crippen LogP contribution in [-0.2, 0) is 7.05 Å². The van der Waals surface area contributed by atoms with Crippen LogP contribution in [0.3, 0.4) is 0 Å². The number of carbonyl (C=O) groups excluding carboxylic acids is 1. The number of piperazine rings is 1. The van der Waals surface area contributed by atoms with E-state index in [1.807, 2.05) is 30.1 Å². The normalized spacial score (nSPS) is 15.0. The Morgan fingerprint density at radius 3 is 2.60 bits per heavy atom. The number of fused-ring (bicyclic) bond motifs is 1. The van der Waals surface area contributed by atoms with Crippen molar-refractivity contribution in [3.8, 4) is 0 Å². The lowest BCUT2D eigenvalue weighted by atomic mass is 10.1. The lowest BCUT2D eigenvalue weighted by Gasteiger charge is -2.35. The Morgan fingerprint density at radius 1 is 1.12 bits per heavy atom. The lowest BCUT2D eigenvalue weighted by Crippen LogP contribution is -2.49. The van der Waals surface area contributed by atoms with Gasteiger partial charge >= 0.3 is 0 Å². The molecule has 1 aliphatic heterocycles. The second kappa shape index (κ2) is 6.20. The third kappa shape index (κ3) is 2.95. The monoisotopic (exact) mass is 335 g/mol. The number of anilines is 1. The number of benzene rings is 1. The molecule has 1 fully saturated rings. The number of aryl methyl sites for hydroxylation is 2. The summed E-state index contributed by atoms with van der Waals surface area (Å²) in [4.78, 5) is 21.5. The molecule has 0 radical (unpaired) electrons. The van der Waals surface area contributed by atoms with Crippen LogP contribution in [0, 0.1) is 6.92 Å². The number of amides is 1. The molecular weight excluding hydrogens is 314 g/mol. The van der Waals surface area contributed by atoms with E-state index in [4.69, 9.17) is 4.98 Å². The smallest absolute Gasteiger partial charge is 0.257 e. The maximum Gasteiger partial charge on any atom is 0.257 e. The molecule has 128 valence electrons. The van der Waals surface area contributed by atoms with Crippen molar-refractivity contribution < 1.29 is 4.79 Å². The first kappa shape index (κ1) is 15.6. The van der Waals surface area contributed by atoms with Crippen molar-refractivity contribution in [2.75, 3.05) is 31.1 Å². The molecule has 1 saturated heterocycles. The zero-order valence-corrected chi connectivity index (χ0v) is 14.5. The second-order valence-electron chi connectivity index (χ2n) is 6.50. The highest BCUT2D eigenvalue weighted by Crippen LogP contribution is 2.23. The van der Waals surface area contributed by atoms with E-state index in [1.165, 1.54) is 10.9 Å². The fourth-order valence-electron chi connectivity index (χ4n) is 3.35. The van der Waals surface area contributed by atoms with Gasteiger partial charge in [0, 0.05) is 44.8 Å². The molecule has 3 aromatic rings. The molecular formula is C19H21N5O. The number of nitrogens with zero attached hydrogens (tertiary/aromatic N) is 5. The summed E-state index contributed by atoms with van der Waals surface area (Å²) in [5.41, 5.74) is 2.90. The highest BCUT2D eigenvalue weighted by molar-refractivity contribution is 5.94. The minimum absolute atomic E-state index is 0.0513. The van der Waals surface area contributed by atoms with Gasteiger partial charge in [-0.25, -0.2) is 4.98 Å². The molecule has 0 aliphatic carbocycles. The Labute approximate surface area is 146 Å². The Kier molecular flexibility index (Phi) is 3.87. The average molecular weight is 335 g/mol. The lowest BCUT2D eigenvalue weighted by molar-refractivity contribution is 0.0746. The predicted molar refractivity (Wildman–Crippen MR) is 97.8 cm³/mol. The Bertz CT molecular complexity index is 924. The third-order valence-corrected chi connectivity index (χ3v) is 4.75. The van der Waals surface area contributed by atoms with Gasteiger partial charge in [0.05, 0.1) is 17.3 Å².